The lowest BCUT2D eigenvalue weighted by Crippen LogP contribution is -2.03. The Morgan fingerprint density at radius 3 is 2.44 bits per heavy atom. The summed E-state index contributed by atoms with van der Waals surface area (Å²) in [6.07, 6.45) is 0. The SMILES string of the molecule is Cc1ccc(CNc2cc(I)ccc2C)c(C)c1. The average Bonchev–Trinajstić information content (AvgIpc) is 2.32. The Morgan fingerprint density at radius 1 is 0.944 bits per heavy atom. The zero-order chi connectivity index (χ0) is 13.1. The van der Waals surface area contributed by atoms with Crippen LogP contribution in [0.5, 0.6) is 0 Å². The summed E-state index contributed by atoms with van der Waals surface area (Å²) in [6.45, 7) is 7.33. The van der Waals surface area contributed by atoms with E-state index in [9.17, 15) is 0 Å². The summed E-state index contributed by atoms with van der Waals surface area (Å²) in [5.41, 5.74) is 6.55. The number of halogens is 1. The van der Waals surface area contributed by atoms with Gasteiger partial charge < -0.3 is 5.32 Å². The second kappa shape index (κ2) is 5.74. The summed E-state index contributed by atoms with van der Waals surface area (Å²) in [5.74, 6) is 0. The van der Waals surface area contributed by atoms with Crippen LogP contribution in [0.1, 0.15) is 22.3 Å². The molecule has 94 valence electrons. The van der Waals surface area contributed by atoms with Gasteiger partial charge in [0.05, 0.1) is 0 Å². The summed E-state index contributed by atoms with van der Waals surface area (Å²) < 4.78 is 1.27. The van der Waals surface area contributed by atoms with Crippen LogP contribution in [-0.4, -0.2) is 0 Å². The summed E-state index contributed by atoms with van der Waals surface area (Å²) in [7, 11) is 0. The number of anilines is 1. The van der Waals surface area contributed by atoms with Crippen LogP contribution in [0.15, 0.2) is 36.4 Å². The van der Waals surface area contributed by atoms with Gasteiger partial charge in [-0.1, -0.05) is 29.8 Å². The van der Waals surface area contributed by atoms with Crippen molar-refractivity contribution in [1.82, 2.24) is 0 Å². The van der Waals surface area contributed by atoms with Gasteiger partial charge >= 0.3 is 0 Å². The molecule has 0 amide bonds. The molecule has 2 aromatic rings. The van der Waals surface area contributed by atoms with Gasteiger partial charge in [0.25, 0.3) is 0 Å². The summed E-state index contributed by atoms with van der Waals surface area (Å²) in [5, 5.41) is 3.53. The van der Waals surface area contributed by atoms with E-state index in [4.69, 9.17) is 0 Å². The number of aryl methyl sites for hydroxylation is 3. The third kappa shape index (κ3) is 3.25. The predicted octanol–water partition coefficient (Wildman–Crippen LogP) is 4.83. The lowest BCUT2D eigenvalue weighted by molar-refractivity contribution is 1.11. The molecule has 2 heteroatoms. The van der Waals surface area contributed by atoms with Crippen molar-refractivity contribution in [2.75, 3.05) is 5.32 Å². The fourth-order valence-corrected chi connectivity index (χ4v) is 2.51. The minimum atomic E-state index is 0.882. The molecule has 0 atom stereocenters. The van der Waals surface area contributed by atoms with Crippen LogP contribution in [0, 0.1) is 24.3 Å². The second-order valence-electron chi connectivity index (χ2n) is 4.74. The quantitative estimate of drug-likeness (QED) is 0.781. The molecule has 2 aromatic carbocycles. The van der Waals surface area contributed by atoms with Gasteiger partial charge in [-0.15, -0.1) is 0 Å². The van der Waals surface area contributed by atoms with Gasteiger partial charge in [-0.05, 0) is 72.2 Å². The highest BCUT2D eigenvalue weighted by Gasteiger charge is 2.01. The Kier molecular flexibility index (Phi) is 4.27. The molecule has 0 bridgehead atoms. The van der Waals surface area contributed by atoms with Gasteiger partial charge in [0.1, 0.15) is 0 Å². The van der Waals surface area contributed by atoms with Crippen LogP contribution in [0.4, 0.5) is 5.69 Å². The molecule has 0 unspecified atom stereocenters. The number of nitrogens with one attached hydrogen (secondary N) is 1. The van der Waals surface area contributed by atoms with E-state index in [2.05, 4.69) is 85.1 Å². The van der Waals surface area contributed by atoms with E-state index < -0.39 is 0 Å². The van der Waals surface area contributed by atoms with E-state index in [1.54, 1.807) is 0 Å². The molecule has 0 radical (unpaired) electrons. The van der Waals surface area contributed by atoms with Crippen molar-refractivity contribution < 1.29 is 0 Å². The van der Waals surface area contributed by atoms with E-state index in [1.165, 1.54) is 31.5 Å². The number of benzene rings is 2. The van der Waals surface area contributed by atoms with Gasteiger partial charge in [0.15, 0.2) is 0 Å². The van der Waals surface area contributed by atoms with Crippen molar-refractivity contribution >= 4 is 28.3 Å². The molecule has 0 fully saturated rings. The first kappa shape index (κ1) is 13.4. The van der Waals surface area contributed by atoms with E-state index in [0.29, 0.717) is 0 Å². The zero-order valence-electron chi connectivity index (χ0n) is 11.0. The molecule has 0 saturated heterocycles. The minimum Gasteiger partial charge on any atom is -0.381 e. The van der Waals surface area contributed by atoms with Gasteiger partial charge in [0, 0.05) is 15.8 Å². The summed E-state index contributed by atoms with van der Waals surface area (Å²) in [6, 6.07) is 13.1. The molecule has 2 rings (SSSR count). The molecule has 0 spiro atoms. The molecule has 18 heavy (non-hydrogen) atoms. The third-order valence-corrected chi connectivity index (χ3v) is 3.84. The average molecular weight is 351 g/mol. The highest BCUT2D eigenvalue weighted by molar-refractivity contribution is 14.1. The molecule has 0 aliphatic carbocycles. The summed E-state index contributed by atoms with van der Waals surface area (Å²) >= 11 is 2.35. The Labute approximate surface area is 123 Å². The van der Waals surface area contributed by atoms with Crippen LogP contribution < -0.4 is 5.32 Å². The first-order valence-electron chi connectivity index (χ1n) is 6.12. The highest BCUT2D eigenvalue weighted by Crippen LogP contribution is 2.20. The van der Waals surface area contributed by atoms with Crippen molar-refractivity contribution in [2.45, 2.75) is 27.3 Å². The lowest BCUT2D eigenvalue weighted by Gasteiger charge is -2.12. The molecular formula is C16H18IN. The number of rotatable bonds is 3. The maximum Gasteiger partial charge on any atom is 0.0403 e. The van der Waals surface area contributed by atoms with Crippen LogP contribution in [-0.2, 0) is 6.54 Å². The molecular weight excluding hydrogens is 333 g/mol. The topological polar surface area (TPSA) is 12.0 Å². The largest absolute Gasteiger partial charge is 0.381 e. The van der Waals surface area contributed by atoms with Crippen LogP contribution in [0.2, 0.25) is 0 Å². The van der Waals surface area contributed by atoms with E-state index in [-0.39, 0.29) is 0 Å². The predicted molar refractivity (Wildman–Crippen MR) is 87.1 cm³/mol. The van der Waals surface area contributed by atoms with E-state index in [1.807, 2.05) is 0 Å². The smallest absolute Gasteiger partial charge is 0.0403 e. The molecule has 1 N–H and O–H groups in total. The van der Waals surface area contributed by atoms with Gasteiger partial charge in [-0.2, -0.15) is 0 Å². The van der Waals surface area contributed by atoms with E-state index in [0.717, 1.165) is 6.54 Å². The van der Waals surface area contributed by atoms with E-state index >= 15 is 0 Å². The second-order valence-corrected chi connectivity index (χ2v) is 5.99. The highest BCUT2D eigenvalue weighted by atomic mass is 127. The van der Waals surface area contributed by atoms with Crippen molar-refractivity contribution in [3.05, 3.63) is 62.2 Å². The molecule has 1 nitrogen and oxygen atoms in total. The third-order valence-electron chi connectivity index (χ3n) is 3.17. The minimum absolute atomic E-state index is 0.882. The lowest BCUT2D eigenvalue weighted by atomic mass is 10.1. The Bertz CT molecular complexity index is 561. The maximum atomic E-state index is 3.53. The van der Waals surface area contributed by atoms with Crippen molar-refractivity contribution in [2.24, 2.45) is 0 Å². The first-order chi connectivity index (χ1) is 8.56. The standard InChI is InChI=1S/C16H18IN/c1-11-4-6-14(13(3)8-11)10-18-16-9-15(17)7-5-12(16)2/h4-9,18H,10H2,1-3H3. The number of hydrogen-bond acceptors (Lipinski definition) is 1. The van der Waals surface area contributed by atoms with Gasteiger partial charge in [0.2, 0.25) is 0 Å². The van der Waals surface area contributed by atoms with Crippen molar-refractivity contribution in [3.63, 3.8) is 0 Å². The summed E-state index contributed by atoms with van der Waals surface area (Å²) in [4.78, 5) is 0. The van der Waals surface area contributed by atoms with Crippen LogP contribution >= 0.6 is 22.6 Å². The first-order valence-corrected chi connectivity index (χ1v) is 7.20. The molecule has 0 saturated carbocycles. The Balaban J connectivity index is 2.13. The fourth-order valence-electron chi connectivity index (χ4n) is 2.02. The maximum absolute atomic E-state index is 3.53. The Hall–Kier alpha value is -1.03. The molecule has 0 aliphatic rings. The van der Waals surface area contributed by atoms with Gasteiger partial charge in [-0.25, -0.2) is 0 Å². The number of hydrogen-bond donors (Lipinski definition) is 1. The van der Waals surface area contributed by atoms with Crippen molar-refractivity contribution in [1.29, 1.82) is 0 Å². The van der Waals surface area contributed by atoms with Crippen LogP contribution in [0.3, 0.4) is 0 Å². The van der Waals surface area contributed by atoms with Gasteiger partial charge in [-0.3, -0.25) is 0 Å². The Morgan fingerprint density at radius 2 is 1.72 bits per heavy atom. The monoisotopic (exact) mass is 351 g/mol. The molecule has 0 heterocycles. The van der Waals surface area contributed by atoms with Crippen molar-refractivity contribution in [3.8, 4) is 0 Å². The normalized spacial score (nSPS) is 10.4. The zero-order valence-corrected chi connectivity index (χ0v) is 13.2. The molecule has 0 aromatic heterocycles. The van der Waals surface area contributed by atoms with Crippen LogP contribution in [0.25, 0.3) is 0 Å². The molecule has 0 aliphatic heterocycles. The fraction of sp³-hybridized carbons (Fsp3) is 0.250.